The van der Waals surface area contributed by atoms with E-state index in [0.29, 0.717) is 36.1 Å². The summed E-state index contributed by atoms with van der Waals surface area (Å²) in [6.07, 6.45) is 3.83. The largest absolute Gasteiger partial charge is 0.424 e. The van der Waals surface area contributed by atoms with Crippen molar-refractivity contribution in [2.75, 3.05) is 17.2 Å². The van der Waals surface area contributed by atoms with Crippen molar-refractivity contribution < 1.29 is 9.53 Å². The molecule has 0 radical (unpaired) electrons. The van der Waals surface area contributed by atoms with E-state index < -0.39 is 0 Å². The average Bonchev–Trinajstić information content (AvgIpc) is 3.41. The van der Waals surface area contributed by atoms with Gasteiger partial charge in [-0.1, -0.05) is 24.8 Å². The number of hydrogen-bond acceptors (Lipinski definition) is 7. The molecule has 0 aliphatic carbocycles. The first-order valence-electron chi connectivity index (χ1n) is 12.6. The number of aromatic nitrogens is 5. The summed E-state index contributed by atoms with van der Waals surface area (Å²) in [5, 5.41) is 0.778. The van der Waals surface area contributed by atoms with E-state index in [0.717, 1.165) is 50.4 Å². The van der Waals surface area contributed by atoms with Gasteiger partial charge in [0.05, 0.1) is 11.1 Å². The molecule has 1 aliphatic heterocycles. The number of carbonyl (C=O) groups excluding carboxylic acids is 1. The Morgan fingerprint density at radius 3 is 2.51 bits per heavy atom. The topological polar surface area (TPSA) is 112 Å². The minimum absolute atomic E-state index is 0.0196. The van der Waals surface area contributed by atoms with E-state index in [4.69, 9.17) is 10.5 Å². The highest BCUT2D eigenvalue weighted by Gasteiger charge is 2.27. The smallest absolute Gasteiger partial charge is 0.322 e. The Morgan fingerprint density at radius 1 is 1.03 bits per heavy atom. The van der Waals surface area contributed by atoms with Crippen LogP contribution in [0.15, 0.2) is 73.2 Å². The third kappa shape index (κ3) is 4.17. The second-order valence-corrected chi connectivity index (χ2v) is 9.66. The molecule has 2 aromatic carbocycles. The highest BCUT2D eigenvalue weighted by molar-refractivity contribution is 6.09. The molecule has 0 atom stereocenters. The number of hydrogen-bond donors (Lipinski definition) is 1. The van der Waals surface area contributed by atoms with Gasteiger partial charge in [-0.2, -0.15) is 0 Å². The zero-order chi connectivity index (χ0) is 27.3. The minimum atomic E-state index is -0.0196. The predicted octanol–water partition coefficient (Wildman–Crippen LogP) is 5.38. The molecule has 1 fully saturated rings. The normalized spacial score (nSPS) is 13.5. The molecule has 0 saturated carbocycles. The van der Waals surface area contributed by atoms with Crippen LogP contribution in [0.3, 0.4) is 0 Å². The fourth-order valence-electron chi connectivity index (χ4n) is 5.12. The molecular weight excluding hydrogens is 490 g/mol. The van der Waals surface area contributed by atoms with E-state index in [1.807, 2.05) is 74.0 Å². The van der Waals surface area contributed by atoms with Crippen LogP contribution in [0.1, 0.15) is 17.7 Å². The van der Waals surface area contributed by atoms with E-state index >= 15 is 0 Å². The Balaban J connectivity index is 1.46. The summed E-state index contributed by atoms with van der Waals surface area (Å²) in [6.45, 7) is 8.46. The molecule has 9 nitrogen and oxygen atoms in total. The summed E-state index contributed by atoms with van der Waals surface area (Å²) >= 11 is 0. The summed E-state index contributed by atoms with van der Waals surface area (Å²) < 4.78 is 7.90. The SMILES string of the molecule is C=C1CCN(c2ccc(-c3c(-c4ccc(Oc5nccc(C)n5)cc4)c4c(N)ncnc4n3C)c(C)c2)C1=O. The first kappa shape index (κ1) is 24.3. The number of carbonyl (C=O) groups is 1. The number of fused-ring (bicyclic) bond motifs is 1. The molecule has 1 aliphatic rings. The lowest BCUT2D eigenvalue weighted by Gasteiger charge is -2.18. The van der Waals surface area contributed by atoms with E-state index in [-0.39, 0.29) is 5.91 Å². The van der Waals surface area contributed by atoms with Crippen LogP contribution < -0.4 is 15.4 Å². The highest BCUT2D eigenvalue weighted by atomic mass is 16.5. The number of rotatable bonds is 5. The molecule has 194 valence electrons. The Labute approximate surface area is 225 Å². The van der Waals surface area contributed by atoms with Crippen molar-refractivity contribution in [2.45, 2.75) is 20.3 Å². The van der Waals surface area contributed by atoms with Gasteiger partial charge in [0.2, 0.25) is 0 Å². The van der Waals surface area contributed by atoms with Crippen LogP contribution in [-0.2, 0) is 11.8 Å². The van der Waals surface area contributed by atoms with Gasteiger partial charge in [-0.3, -0.25) is 4.79 Å². The minimum Gasteiger partial charge on any atom is -0.424 e. The molecule has 9 heteroatoms. The van der Waals surface area contributed by atoms with Crippen molar-refractivity contribution in [3.05, 3.63) is 84.5 Å². The van der Waals surface area contributed by atoms with Gasteiger partial charge in [0.15, 0.2) is 0 Å². The lowest BCUT2D eigenvalue weighted by molar-refractivity contribution is -0.114. The summed E-state index contributed by atoms with van der Waals surface area (Å²) in [5.41, 5.74) is 14.3. The molecule has 0 bridgehead atoms. The lowest BCUT2D eigenvalue weighted by Crippen LogP contribution is -2.24. The molecule has 1 amide bonds. The monoisotopic (exact) mass is 517 g/mol. The predicted molar refractivity (Wildman–Crippen MR) is 151 cm³/mol. The number of nitrogens with zero attached hydrogens (tertiary/aromatic N) is 6. The van der Waals surface area contributed by atoms with Gasteiger partial charge in [0.1, 0.15) is 23.5 Å². The van der Waals surface area contributed by atoms with Gasteiger partial charge in [0.25, 0.3) is 5.91 Å². The van der Waals surface area contributed by atoms with Crippen LogP contribution >= 0.6 is 0 Å². The number of nitrogens with two attached hydrogens (primary N) is 1. The highest BCUT2D eigenvalue weighted by Crippen LogP contribution is 2.43. The summed E-state index contributed by atoms with van der Waals surface area (Å²) in [6, 6.07) is 15.9. The molecule has 5 aromatic rings. The van der Waals surface area contributed by atoms with Crippen LogP contribution in [0.5, 0.6) is 11.8 Å². The zero-order valence-electron chi connectivity index (χ0n) is 22.0. The van der Waals surface area contributed by atoms with Crippen molar-refractivity contribution in [3.63, 3.8) is 0 Å². The maximum Gasteiger partial charge on any atom is 0.322 e. The Morgan fingerprint density at radius 2 is 1.82 bits per heavy atom. The standard InChI is InChI=1S/C30H27N7O2/c1-17-12-14-37(29(17)38)21-7-10-23(18(2)15-21)26-24(25-27(31)33-16-34-28(25)36(26)4)20-5-8-22(9-6-20)39-30-32-13-11-19(3)35-30/h5-11,13,15-16H,1,12,14H2,2-4H3,(H2,31,33,34). The first-order chi connectivity index (χ1) is 18.8. The van der Waals surface area contributed by atoms with Crippen molar-refractivity contribution in [1.29, 1.82) is 0 Å². The quantitative estimate of drug-likeness (QED) is 0.312. The molecule has 3 aromatic heterocycles. The van der Waals surface area contributed by atoms with Crippen LogP contribution in [-0.4, -0.2) is 37.0 Å². The van der Waals surface area contributed by atoms with E-state index in [1.54, 1.807) is 11.1 Å². The Hall–Kier alpha value is -5.05. The number of anilines is 2. The molecule has 4 heterocycles. The van der Waals surface area contributed by atoms with Gasteiger partial charge in [-0.05, 0) is 61.7 Å². The Bertz CT molecular complexity index is 1770. The summed E-state index contributed by atoms with van der Waals surface area (Å²) in [5.74, 6) is 1.00. The van der Waals surface area contributed by atoms with E-state index in [2.05, 4.69) is 26.5 Å². The van der Waals surface area contributed by atoms with Gasteiger partial charge >= 0.3 is 6.01 Å². The molecule has 2 N–H and O–H groups in total. The maximum absolute atomic E-state index is 12.6. The summed E-state index contributed by atoms with van der Waals surface area (Å²) in [4.78, 5) is 31.7. The second-order valence-electron chi connectivity index (χ2n) is 9.66. The molecule has 0 unspecified atom stereocenters. The van der Waals surface area contributed by atoms with Crippen LogP contribution in [0, 0.1) is 13.8 Å². The third-order valence-corrected chi connectivity index (χ3v) is 7.08. The van der Waals surface area contributed by atoms with Gasteiger partial charge in [-0.15, -0.1) is 0 Å². The van der Waals surface area contributed by atoms with Crippen LogP contribution in [0.25, 0.3) is 33.4 Å². The number of benzene rings is 2. The van der Waals surface area contributed by atoms with E-state index in [9.17, 15) is 4.79 Å². The van der Waals surface area contributed by atoms with Gasteiger partial charge in [-0.25, -0.2) is 19.9 Å². The number of aryl methyl sites for hydroxylation is 3. The van der Waals surface area contributed by atoms with Crippen LogP contribution in [0.4, 0.5) is 11.5 Å². The number of nitrogen functional groups attached to an aromatic ring is 1. The molecule has 0 spiro atoms. The second kappa shape index (κ2) is 9.36. The van der Waals surface area contributed by atoms with Gasteiger partial charge in [0, 0.05) is 47.9 Å². The van der Waals surface area contributed by atoms with Gasteiger partial charge < -0.3 is 19.9 Å². The van der Waals surface area contributed by atoms with Crippen molar-refractivity contribution >= 4 is 28.4 Å². The fraction of sp³-hybridized carbons (Fsp3) is 0.167. The van der Waals surface area contributed by atoms with Crippen LogP contribution in [0.2, 0.25) is 0 Å². The molecular formula is C30H27N7O2. The zero-order valence-corrected chi connectivity index (χ0v) is 22.0. The van der Waals surface area contributed by atoms with Crippen molar-refractivity contribution in [3.8, 4) is 34.1 Å². The molecule has 6 rings (SSSR count). The lowest BCUT2D eigenvalue weighted by atomic mass is 9.96. The van der Waals surface area contributed by atoms with Crippen molar-refractivity contribution in [2.24, 2.45) is 7.05 Å². The molecule has 39 heavy (non-hydrogen) atoms. The average molecular weight is 518 g/mol. The number of ether oxygens (including phenoxy) is 1. The first-order valence-corrected chi connectivity index (χ1v) is 12.6. The fourth-order valence-corrected chi connectivity index (χ4v) is 5.12. The van der Waals surface area contributed by atoms with E-state index in [1.165, 1.54) is 6.33 Å². The molecule has 1 saturated heterocycles. The maximum atomic E-state index is 12.6. The number of amides is 1. The summed E-state index contributed by atoms with van der Waals surface area (Å²) in [7, 11) is 1.97. The third-order valence-electron chi connectivity index (χ3n) is 7.08. The van der Waals surface area contributed by atoms with Crippen molar-refractivity contribution in [1.82, 2.24) is 24.5 Å². The Kier molecular flexibility index (Phi) is 5.83.